The summed E-state index contributed by atoms with van der Waals surface area (Å²) in [6.45, 7) is 2.48. The summed E-state index contributed by atoms with van der Waals surface area (Å²) in [7, 11) is 2.09. The molecular weight excluding hydrogens is 272 g/mol. The van der Waals surface area contributed by atoms with Crippen molar-refractivity contribution in [3.05, 3.63) is 12.2 Å². The lowest BCUT2D eigenvalue weighted by molar-refractivity contribution is -0.148. The van der Waals surface area contributed by atoms with E-state index in [1.807, 2.05) is 17.1 Å². The number of hydrogen-bond donors (Lipinski definition) is 1. The molecule has 21 heavy (non-hydrogen) atoms. The average Bonchev–Trinajstić information content (AvgIpc) is 3.08. The van der Waals surface area contributed by atoms with E-state index >= 15 is 0 Å². The maximum Gasteiger partial charge on any atom is 0.310 e. The Balaban J connectivity index is 1.60. The van der Waals surface area contributed by atoms with Crippen LogP contribution in [0.25, 0.3) is 0 Å². The van der Waals surface area contributed by atoms with Gasteiger partial charge in [-0.2, -0.15) is 0 Å². The molecule has 4 heterocycles. The van der Waals surface area contributed by atoms with Crippen LogP contribution in [0.4, 0.5) is 0 Å². The van der Waals surface area contributed by atoms with Gasteiger partial charge in [0, 0.05) is 6.04 Å². The molecule has 0 unspecified atom stereocenters. The van der Waals surface area contributed by atoms with E-state index in [1.165, 1.54) is 0 Å². The van der Waals surface area contributed by atoms with E-state index in [9.17, 15) is 14.7 Å². The van der Waals surface area contributed by atoms with Gasteiger partial charge >= 0.3 is 5.97 Å². The maximum atomic E-state index is 12.8. The summed E-state index contributed by atoms with van der Waals surface area (Å²) >= 11 is 0. The number of fused-ring (bicyclic) bond motifs is 1. The van der Waals surface area contributed by atoms with Gasteiger partial charge in [-0.05, 0) is 33.0 Å². The molecule has 6 heteroatoms. The van der Waals surface area contributed by atoms with Gasteiger partial charge in [0.25, 0.3) is 0 Å². The lowest BCUT2D eigenvalue weighted by Gasteiger charge is -2.36. The quantitative estimate of drug-likeness (QED) is 0.723. The Hall–Kier alpha value is -1.40. The van der Waals surface area contributed by atoms with E-state index in [0.29, 0.717) is 6.54 Å². The number of amides is 1. The minimum absolute atomic E-state index is 0.0243. The Morgan fingerprint density at radius 2 is 2.14 bits per heavy atom. The topological polar surface area (TPSA) is 70.1 Å². The molecule has 0 radical (unpaired) electrons. The first-order valence-corrected chi connectivity index (χ1v) is 7.61. The van der Waals surface area contributed by atoms with Crippen LogP contribution in [-0.4, -0.2) is 71.2 Å². The zero-order valence-electron chi connectivity index (χ0n) is 12.1. The molecule has 0 aromatic rings. The van der Waals surface area contributed by atoms with Crippen molar-refractivity contribution in [1.29, 1.82) is 0 Å². The van der Waals surface area contributed by atoms with Gasteiger partial charge in [0.15, 0.2) is 0 Å². The summed E-state index contributed by atoms with van der Waals surface area (Å²) < 4.78 is 5.91. The predicted octanol–water partition coefficient (Wildman–Crippen LogP) is -0.0528. The lowest BCUT2D eigenvalue weighted by Crippen LogP contribution is -2.46. The first kappa shape index (κ1) is 13.3. The fourth-order valence-corrected chi connectivity index (χ4v) is 4.43. The molecular formula is C15H20N2O4. The zero-order chi connectivity index (χ0) is 14.8. The van der Waals surface area contributed by atoms with E-state index in [0.717, 1.165) is 25.9 Å². The summed E-state index contributed by atoms with van der Waals surface area (Å²) in [6, 6.07) is 0.221. The molecule has 3 fully saturated rings. The largest absolute Gasteiger partial charge is 0.481 e. The Morgan fingerprint density at radius 3 is 2.81 bits per heavy atom. The number of ether oxygens (including phenoxy) is 1. The highest BCUT2D eigenvalue weighted by Crippen LogP contribution is 2.52. The van der Waals surface area contributed by atoms with Crippen LogP contribution in [0.3, 0.4) is 0 Å². The third-order valence-corrected chi connectivity index (χ3v) is 5.54. The van der Waals surface area contributed by atoms with Gasteiger partial charge in [-0.25, -0.2) is 0 Å². The molecule has 1 spiro atoms. The number of nitrogens with zero attached hydrogens (tertiary/aromatic N) is 2. The Labute approximate surface area is 123 Å². The van der Waals surface area contributed by atoms with E-state index in [4.69, 9.17) is 4.74 Å². The summed E-state index contributed by atoms with van der Waals surface area (Å²) in [4.78, 5) is 28.5. The smallest absolute Gasteiger partial charge is 0.310 e. The molecule has 4 aliphatic heterocycles. The van der Waals surface area contributed by atoms with Crippen LogP contribution in [0.15, 0.2) is 12.2 Å². The van der Waals surface area contributed by atoms with Gasteiger partial charge in [-0.1, -0.05) is 12.2 Å². The summed E-state index contributed by atoms with van der Waals surface area (Å²) in [6.07, 6.45) is 5.22. The highest BCUT2D eigenvalue weighted by molar-refractivity contribution is 5.91. The average molecular weight is 292 g/mol. The molecule has 1 N–H and O–H groups in total. The number of carboxylic acid groups (broad SMARTS) is 1. The number of carbonyl (C=O) groups excluding carboxylic acids is 1. The summed E-state index contributed by atoms with van der Waals surface area (Å²) in [5.74, 6) is -2.21. The van der Waals surface area contributed by atoms with E-state index in [-0.39, 0.29) is 11.9 Å². The van der Waals surface area contributed by atoms with Crippen LogP contribution >= 0.6 is 0 Å². The normalized spacial score (nSPS) is 42.8. The van der Waals surface area contributed by atoms with Crippen LogP contribution < -0.4 is 0 Å². The Kier molecular flexibility index (Phi) is 2.72. The second-order valence-corrected chi connectivity index (χ2v) is 6.74. The van der Waals surface area contributed by atoms with Gasteiger partial charge in [0.2, 0.25) is 5.91 Å². The van der Waals surface area contributed by atoms with Crippen molar-refractivity contribution in [2.75, 3.05) is 26.7 Å². The minimum Gasteiger partial charge on any atom is -0.481 e. The maximum absolute atomic E-state index is 12.8. The van der Waals surface area contributed by atoms with Gasteiger partial charge in [-0.15, -0.1) is 0 Å². The van der Waals surface area contributed by atoms with Crippen LogP contribution in [-0.2, 0) is 14.3 Å². The molecule has 0 aromatic carbocycles. The van der Waals surface area contributed by atoms with Crippen molar-refractivity contribution < 1.29 is 19.4 Å². The van der Waals surface area contributed by atoms with E-state index in [2.05, 4.69) is 11.9 Å². The Morgan fingerprint density at radius 1 is 1.43 bits per heavy atom. The van der Waals surface area contributed by atoms with Crippen molar-refractivity contribution in [3.8, 4) is 0 Å². The fourth-order valence-electron chi connectivity index (χ4n) is 4.43. The second kappa shape index (κ2) is 4.30. The SMILES string of the molecule is CN1CCC(N2C[C@]34C=C[C@H](O3)[C@@H](C(=O)O)[C@H]4C2=O)CC1. The van der Waals surface area contributed by atoms with Gasteiger partial charge in [0.05, 0.1) is 18.6 Å². The molecule has 0 saturated carbocycles. The van der Waals surface area contributed by atoms with Crippen molar-refractivity contribution in [2.24, 2.45) is 11.8 Å². The van der Waals surface area contributed by atoms with Gasteiger partial charge in [-0.3, -0.25) is 9.59 Å². The first-order valence-electron chi connectivity index (χ1n) is 7.61. The number of rotatable bonds is 2. The van der Waals surface area contributed by atoms with E-state index < -0.39 is 29.5 Å². The zero-order valence-corrected chi connectivity index (χ0v) is 12.1. The third-order valence-electron chi connectivity index (χ3n) is 5.54. The molecule has 0 aliphatic carbocycles. The van der Waals surface area contributed by atoms with Crippen molar-refractivity contribution in [1.82, 2.24) is 9.80 Å². The number of aliphatic carboxylic acids is 1. The molecule has 6 nitrogen and oxygen atoms in total. The third kappa shape index (κ3) is 1.72. The van der Waals surface area contributed by atoms with Crippen LogP contribution in [0.1, 0.15) is 12.8 Å². The number of hydrogen-bond acceptors (Lipinski definition) is 4. The molecule has 0 aromatic heterocycles. The number of carboxylic acids is 1. The molecule has 2 bridgehead atoms. The van der Waals surface area contributed by atoms with Crippen LogP contribution in [0, 0.1) is 11.8 Å². The van der Waals surface area contributed by atoms with E-state index in [1.54, 1.807) is 0 Å². The van der Waals surface area contributed by atoms with Crippen molar-refractivity contribution >= 4 is 11.9 Å². The second-order valence-electron chi connectivity index (χ2n) is 6.74. The van der Waals surface area contributed by atoms with Crippen molar-refractivity contribution in [2.45, 2.75) is 30.6 Å². The lowest BCUT2D eigenvalue weighted by atomic mass is 9.77. The van der Waals surface area contributed by atoms with Crippen molar-refractivity contribution in [3.63, 3.8) is 0 Å². The standard InChI is InChI=1S/C15H20N2O4/c1-16-6-3-9(4-7-16)17-8-15-5-2-10(21-15)11(14(19)20)12(15)13(17)18/h2,5,9-12H,3-4,6-8H2,1H3,(H,19,20)/t10-,11+,12-,15-/m0/s1. The Bertz CT molecular complexity index is 526. The van der Waals surface area contributed by atoms with Crippen LogP contribution in [0.5, 0.6) is 0 Å². The monoisotopic (exact) mass is 292 g/mol. The van der Waals surface area contributed by atoms with Gasteiger partial charge < -0.3 is 19.6 Å². The number of piperidine rings is 1. The number of likely N-dealkylation sites (tertiary alicyclic amines) is 2. The molecule has 3 saturated heterocycles. The highest BCUT2D eigenvalue weighted by Gasteiger charge is 2.67. The van der Waals surface area contributed by atoms with Gasteiger partial charge in [0.1, 0.15) is 11.5 Å². The molecule has 4 rings (SSSR count). The molecule has 1 amide bonds. The molecule has 114 valence electrons. The summed E-state index contributed by atoms with van der Waals surface area (Å²) in [5.41, 5.74) is -0.686. The fraction of sp³-hybridized carbons (Fsp3) is 0.733. The predicted molar refractivity (Wildman–Crippen MR) is 73.6 cm³/mol. The summed E-state index contributed by atoms with van der Waals surface area (Å²) in [5, 5.41) is 9.44. The van der Waals surface area contributed by atoms with Crippen LogP contribution in [0.2, 0.25) is 0 Å². The molecule has 4 aliphatic rings. The number of carbonyl (C=O) groups is 2. The minimum atomic E-state index is -0.921. The first-order chi connectivity index (χ1) is 10.0. The molecule has 4 atom stereocenters. The highest BCUT2D eigenvalue weighted by atomic mass is 16.5.